The van der Waals surface area contributed by atoms with Gasteiger partial charge < -0.3 is 223 Å². The monoisotopic (exact) mass is 1940 g/mol. The summed E-state index contributed by atoms with van der Waals surface area (Å²) in [6, 6.07) is 0. The zero-order valence-electron chi connectivity index (χ0n) is 73.7. The molecule has 0 radical (unpaired) electrons. The Hall–Kier alpha value is -3.76. The Morgan fingerprint density at radius 1 is 0.269 bits per heavy atom. The minimum absolute atomic E-state index is 0.0656. The third kappa shape index (κ3) is 24.5. The van der Waals surface area contributed by atoms with Crippen LogP contribution in [0, 0.1) is 35.5 Å². The summed E-state index contributed by atoms with van der Waals surface area (Å²) in [4.78, 5) is 53.7. The fourth-order valence-electron chi connectivity index (χ4n) is 20.9. The van der Waals surface area contributed by atoms with Crippen molar-refractivity contribution < 1.29 is 242 Å². The minimum Gasteiger partial charge on any atom is -0.463 e. The van der Waals surface area contributed by atoms with Crippen LogP contribution in [0.5, 0.6) is 0 Å². The van der Waals surface area contributed by atoms with Crippen molar-refractivity contribution in [2.75, 3.05) is 39.6 Å². The normalized spacial score (nSPS) is 50.5. The van der Waals surface area contributed by atoms with Gasteiger partial charge in [-0.15, -0.1) is 0 Å². The summed E-state index contributed by atoms with van der Waals surface area (Å²) in [6.45, 7) is -3.03. The smallest absolute Gasteiger partial charge is 0.309 e. The van der Waals surface area contributed by atoms with E-state index in [1.54, 1.807) is 0 Å². The molecule has 26 N–H and O–H groups in total. The van der Waals surface area contributed by atoms with Crippen molar-refractivity contribution in [1.29, 1.82) is 0 Å². The first kappa shape index (κ1) is 106. The molecule has 0 spiro atoms. The quantitative estimate of drug-likeness (QED) is 0.0244. The van der Waals surface area contributed by atoms with Crippen molar-refractivity contribution in [3.63, 3.8) is 0 Å². The number of aliphatic hydroxyl groups is 26. The zero-order chi connectivity index (χ0) is 96.4. The molecule has 0 aromatic heterocycles. The lowest BCUT2D eigenvalue weighted by molar-refractivity contribution is -0.383. The fraction of sp³-hybridized carbons (Fsp3) is 0.953. The van der Waals surface area contributed by atoms with E-state index >= 15 is 0 Å². The van der Waals surface area contributed by atoms with Crippen molar-refractivity contribution in [3.05, 3.63) is 0 Å². The number of rotatable bonds is 29. The highest BCUT2D eigenvalue weighted by Gasteiger charge is 2.60. The molecule has 49 heteroatoms. The second-order valence-corrected chi connectivity index (χ2v) is 38.6. The van der Waals surface area contributed by atoms with Crippen LogP contribution < -0.4 is 0 Å². The molecule has 8 heterocycles. The lowest BCUT2D eigenvalue weighted by atomic mass is 9.72. The maximum absolute atomic E-state index is 14.2. The molecule has 134 heavy (non-hydrogen) atoms. The Bertz CT molecular complexity index is 3660. The van der Waals surface area contributed by atoms with Gasteiger partial charge in [-0.3, -0.25) is 19.2 Å². The van der Waals surface area contributed by atoms with Crippen molar-refractivity contribution in [2.24, 2.45) is 35.5 Å². The van der Waals surface area contributed by atoms with Crippen LogP contribution in [0.25, 0.3) is 0 Å². The highest BCUT2D eigenvalue weighted by Crippen LogP contribution is 2.47. The maximum atomic E-state index is 14.2. The lowest BCUT2D eigenvalue weighted by Gasteiger charge is -2.52. The molecule has 14 rings (SSSR count). The number of esters is 4. The van der Waals surface area contributed by atoms with Gasteiger partial charge in [-0.1, -0.05) is 0 Å². The Labute approximate surface area is 768 Å². The van der Waals surface area contributed by atoms with E-state index in [0.717, 1.165) is 0 Å². The Balaban J connectivity index is 0.632. The van der Waals surface area contributed by atoms with Gasteiger partial charge in [-0.05, 0) is 135 Å². The lowest BCUT2D eigenvalue weighted by Crippen LogP contribution is -2.67. The predicted octanol–water partition coefficient (Wildman–Crippen LogP) is -11.7. The van der Waals surface area contributed by atoms with Gasteiger partial charge in [0.25, 0.3) is 0 Å². The molecular formula is C85H136O49. The Morgan fingerprint density at radius 2 is 0.590 bits per heavy atom. The second kappa shape index (κ2) is 46.7. The molecule has 6 aliphatic carbocycles. The van der Waals surface area contributed by atoms with Gasteiger partial charge >= 0.3 is 23.9 Å². The van der Waals surface area contributed by atoms with Gasteiger partial charge in [0, 0.05) is 18.8 Å². The summed E-state index contributed by atoms with van der Waals surface area (Å²) in [5.74, 6) is -7.37. The topological polar surface area (TPSA) is 770 Å². The Kier molecular flexibility index (Phi) is 37.0. The minimum atomic E-state index is -2.32. The second-order valence-electron chi connectivity index (χ2n) is 38.6. The van der Waals surface area contributed by atoms with Gasteiger partial charge in [0.2, 0.25) is 0 Å². The van der Waals surface area contributed by atoms with Crippen LogP contribution in [0.1, 0.15) is 142 Å². The van der Waals surface area contributed by atoms with Crippen LogP contribution in [-0.2, 0) is 109 Å². The number of carbonyl (C=O) groups is 4. The summed E-state index contributed by atoms with van der Waals surface area (Å²) in [6.07, 6.45) is -74.6. The van der Waals surface area contributed by atoms with Crippen molar-refractivity contribution in [1.82, 2.24) is 0 Å². The van der Waals surface area contributed by atoms with E-state index in [1.165, 1.54) is 6.92 Å². The largest absolute Gasteiger partial charge is 0.463 e. The van der Waals surface area contributed by atoms with Crippen molar-refractivity contribution >= 4 is 23.9 Å². The molecule has 8 aliphatic heterocycles. The number of fused-ring (bicyclic) bond motifs is 1. The number of hydrogen-bond acceptors (Lipinski definition) is 49. The molecule has 6 saturated carbocycles. The summed E-state index contributed by atoms with van der Waals surface area (Å²) < 4.78 is 113. The first-order valence-electron chi connectivity index (χ1n) is 46.8. The van der Waals surface area contributed by atoms with E-state index in [9.17, 15) is 152 Å². The first-order chi connectivity index (χ1) is 63.7. The first-order valence-corrected chi connectivity index (χ1v) is 46.8. The summed E-state index contributed by atoms with van der Waals surface area (Å²) in [5, 5.41) is 289. The third-order valence-electron chi connectivity index (χ3n) is 29.4. The maximum Gasteiger partial charge on any atom is 0.309 e. The van der Waals surface area contributed by atoms with Crippen LogP contribution in [0.3, 0.4) is 0 Å². The van der Waals surface area contributed by atoms with Crippen LogP contribution in [0.2, 0.25) is 0 Å². The van der Waals surface area contributed by atoms with Crippen LogP contribution in [0.4, 0.5) is 0 Å². The highest BCUT2D eigenvalue weighted by atomic mass is 16.8. The average molecular weight is 1940 g/mol. The van der Waals surface area contributed by atoms with E-state index in [0.29, 0.717) is 51.4 Å². The molecule has 14 aliphatic rings. The molecule has 49 nitrogen and oxygen atoms in total. The predicted molar refractivity (Wildman–Crippen MR) is 429 cm³/mol. The summed E-state index contributed by atoms with van der Waals surface area (Å²) >= 11 is 0. The standard InChI is InChI=1S/C85H136O49/c1-29-52(92)60(100)65(105)79(121-29)120-28-50-57(97)63(103)68(108)82(130-50)126-45-22-40-41(89)20-39(21-44(40)125-72(45)34-18-42(90)53(93)43(91)19-34)124-84-70(110)74(59(99)51(132-84)27-119-78(115)33-8-16-38(17-9-33)123-81-67(107)62(102)55(95)48(129-81)25-117-76(113)31-4-12-36(88)13-5-31)134-85-71(111)73(58(98)46(23-86)127-85)133-83-69(109)64(104)56(96)49(131-83)26-118-77(114)32-6-14-37(15-7-32)122-80-66(106)61(101)54(94)47(128-80)24-116-75(112)30-2-10-35(87)11-3-30/h29-74,79-111H,2-28H2,1H3. The molecule has 770 valence electrons. The molecule has 43 unspecified atom stereocenters. The molecule has 0 bridgehead atoms. The van der Waals surface area contributed by atoms with Crippen LogP contribution in [0.15, 0.2) is 0 Å². The van der Waals surface area contributed by atoms with E-state index < -0.39 is 387 Å². The highest BCUT2D eigenvalue weighted by molar-refractivity contribution is 5.74. The Morgan fingerprint density at radius 3 is 0.993 bits per heavy atom. The van der Waals surface area contributed by atoms with Gasteiger partial charge in [0.05, 0.1) is 110 Å². The number of carbonyl (C=O) groups excluding carboxylic acids is 4. The van der Waals surface area contributed by atoms with Crippen molar-refractivity contribution in [3.8, 4) is 0 Å². The van der Waals surface area contributed by atoms with E-state index in [1.807, 2.05) is 0 Å². The van der Waals surface area contributed by atoms with Gasteiger partial charge in [-0.25, -0.2) is 0 Å². The number of hydrogen-bond donors (Lipinski definition) is 26. The summed E-state index contributed by atoms with van der Waals surface area (Å²) in [5.41, 5.74) is 0. The van der Waals surface area contributed by atoms with Crippen LogP contribution >= 0.6 is 0 Å². The SMILES string of the molecule is CC1OC(OCC2OC(OC3CC4C(O)CC(OC5OC(COC(=O)C6CCC(OC7OC(COC(=O)C8CCC(O)CC8)C(O)C(O)C7O)CC6)C(O)C(OC6OC(CO)C(O)C(OC7OC(COC(=O)C8CCC(OC9OC(COC(=O)C%10CCC(O)CC%10)C(O)C(O)C9O)CC8)C(O)C(O)C7O)C6O)C5O)CC4OC3C3CC(O)C(O)C(O)C3)C(O)C(O)C2O)C(O)C(O)C1O. The summed E-state index contributed by atoms with van der Waals surface area (Å²) in [7, 11) is 0. The van der Waals surface area contributed by atoms with E-state index in [2.05, 4.69) is 0 Å². The molecular weight excluding hydrogens is 1800 g/mol. The average Bonchev–Trinajstić information content (AvgIpc) is 0.767. The van der Waals surface area contributed by atoms with E-state index in [-0.39, 0.29) is 83.5 Å². The fourth-order valence-corrected chi connectivity index (χ4v) is 20.9. The molecule has 0 amide bonds. The van der Waals surface area contributed by atoms with E-state index in [4.69, 9.17) is 90.0 Å². The third-order valence-corrected chi connectivity index (χ3v) is 29.4. The van der Waals surface area contributed by atoms with Gasteiger partial charge in [0.15, 0.2) is 44.0 Å². The van der Waals surface area contributed by atoms with Crippen molar-refractivity contribution in [2.45, 2.75) is 430 Å². The van der Waals surface area contributed by atoms with Gasteiger partial charge in [0.1, 0.15) is 197 Å². The zero-order valence-corrected chi connectivity index (χ0v) is 73.7. The molecule has 0 aromatic carbocycles. The molecule has 8 saturated heterocycles. The molecule has 14 fully saturated rings. The number of aliphatic hydroxyl groups excluding tert-OH is 26. The van der Waals surface area contributed by atoms with Gasteiger partial charge in [-0.2, -0.15) is 0 Å². The molecule has 0 aromatic rings. The molecule has 43 atom stereocenters. The number of ether oxygens (including phenoxy) is 19. The van der Waals surface area contributed by atoms with Crippen LogP contribution in [-0.4, -0.2) is 484 Å².